The molecule has 0 spiro atoms. The Morgan fingerprint density at radius 1 is 1.33 bits per heavy atom. The summed E-state index contributed by atoms with van der Waals surface area (Å²) in [7, 11) is 4.05. The summed E-state index contributed by atoms with van der Waals surface area (Å²) < 4.78 is 0. The Kier molecular flexibility index (Phi) is 4.78. The van der Waals surface area contributed by atoms with Gasteiger partial charge in [-0.2, -0.15) is 0 Å². The molecule has 0 aliphatic rings. The van der Waals surface area contributed by atoms with Gasteiger partial charge in [-0.05, 0) is 26.4 Å². The van der Waals surface area contributed by atoms with Gasteiger partial charge in [0.1, 0.15) is 5.69 Å². The van der Waals surface area contributed by atoms with Gasteiger partial charge in [-0.3, -0.25) is 9.78 Å². The average molecular weight is 250 g/mol. The lowest BCUT2D eigenvalue weighted by Gasteiger charge is -2.28. The highest BCUT2D eigenvalue weighted by Crippen LogP contribution is 2.14. The molecular formula is C13H22N4O. The molecular weight excluding hydrogens is 228 g/mol. The molecule has 1 aromatic rings. The Labute approximate surface area is 109 Å². The van der Waals surface area contributed by atoms with Crippen LogP contribution in [0.3, 0.4) is 0 Å². The zero-order chi connectivity index (χ0) is 13.8. The quantitative estimate of drug-likeness (QED) is 0.850. The Morgan fingerprint density at radius 3 is 2.50 bits per heavy atom. The predicted molar refractivity (Wildman–Crippen MR) is 71.4 cm³/mol. The normalized spacial score (nSPS) is 11.7. The van der Waals surface area contributed by atoms with E-state index < -0.39 is 0 Å². The topological polar surface area (TPSA) is 58.1 Å². The summed E-state index contributed by atoms with van der Waals surface area (Å²) in [5.41, 5.74) is 1.19. The lowest BCUT2D eigenvalue weighted by molar-refractivity contribution is 0.0924. The fourth-order valence-electron chi connectivity index (χ4n) is 1.83. The summed E-state index contributed by atoms with van der Waals surface area (Å²) in [6.45, 7) is 7.60. The number of nitrogens with one attached hydrogen (secondary N) is 1. The highest BCUT2D eigenvalue weighted by Gasteiger charge is 2.20. The highest BCUT2D eigenvalue weighted by molar-refractivity contribution is 5.91. The van der Waals surface area contributed by atoms with Crippen molar-refractivity contribution in [2.75, 3.05) is 27.2 Å². The van der Waals surface area contributed by atoms with Crippen molar-refractivity contribution in [1.82, 2.24) is 20.2 Å². The van der Waals surface area contributed by atoms with Gasteiger partial charge in [0, 0.05) is 19.3 Å². The third-order valence-corrected chi connectivity index (χ3v) is 2.49. The fraction of sp³-hybridized carbons (Fsp3) is 0.615. The van der Waals surface area contributed by atoms with E-state index in [0.29, 0.717) is 12.2 Å². The fourth-order valence-corrected chi connectivity index (χ4v) is 1.83. The van der Waals surface area contributed by atoms with Crippen LogP contribution in [0.2, 0.25) is 0 Å². The summed E-state index contributed by atoms with van der Waals surface area (Å²) in [5.74, 6) is -0.172. The number of carbonyl (C=O) groups excluding carboxylic acids is 1. The van der Waals surface area contributed by atoms with Crippen LogP contribution in [0.15, 0.2) is 12.4 Å². The van der Waals surface area contributed by atoms with Crippen molar-refractivity contribution in [3.05, 3.63) is 23.8 Å². The van der Waals surface area contributed by atoms with Crippen LogP contribution in [0.25, 0.3) is 0 Å². The van der Waals surface area contributed by atoms with Crippen molar-refractivity contribution in [3.63, 3.8) is 0 Å². The van der Waals surface area contributed by atoms with Crippen LogP contribution in [-0.2, 0) is 0 Å². The maximum atomic E-state index is 11.9. The third-order valence-electron chi connectivity index (χ3n) is 2.49. The maximum Gasteiger partial charge on any atom is 0.271 e. The minimum Gasteiger partial charge on any atom is -0.350 e. The number of aromatic nitrogens is 2. The Balaban J connectivity index is 2.53. The molecule has 0 aromatic carbocycles. The van der Waals surface area contributed by atoms with Gasteiger partial charge in [0.15, 0.2) is 0 Å². The molecule has 5 nitrogen and oxygen atoms in total. The third kappa shape index (κ3) is 4.79. The lowest BCUT2D eigenvalue weighted by atomic mass is 9.93. The van der Waals surface area contributed by atoms with E-state index in [-0.39, 0.29) is 11.3 Å². The van der Waals surface area contributed by atoms with Gasteiger partial charge in [-0.25, -0.2) is 4.98 Å². The van der Waals surface area contributed by atoms with Crippen LogP contribution in [0.5, 0.6) is 0 Å². The molecule has 100 valence electrons. The van der Waals surface area contributed by atoms with Gasteiger partial charge < -0.3 is 10.2 Å². The summed E-state index contributed by atoms with van der Waals surface area (Å²) in [5, 5.41) is 2.90. The van der Waals surface area contributed by atoms with Crippen molar-refractivity contribution in [2.45, 2.75) is 20.8 Å². The van der Waals surface area contributed by atoms with Crippen molar-refractivity contribution < 1.29 is 4.79 Å². The van der Waals surface area contributed by atoms with Gasteiger partial charge in [0.05, 0.1) is 11.9 Å². The molecule has 0 bridgehead atoms. The van der Waals surface area contributed by atoms with Crippen LogP contribution < -0.4 is 5.32 Å². The van der Waals surface area contributed by atoms with Crippen LogP contribution in [0.4, 0.5) is 0 Å². The van der Waals surface area contributed by atoms with Crippen molar-refractivity contribution in [2.24, 2.45) is 5.41 Å². The first-order valence-electron chi connectivity index (χ1n) is 6.02. The number of hydrogen-bond donors (Lipinski definition) is 1. The molecule has 18 heavy (non-hydrogen) atoms. The lowest BCUT2D eigenvalue weighted by Crippen LogP contribution is -2.40. The van der Waals surface area contributed by atoms with Crippen LogP contribution in [-0.4, -0.2) is 48.0 Å². The molecule has 1 aromatic heterocycles. The van der Waals surface area contributed by atoms with Gasteiger partial charge >= 0.3 is 0 Å². The molecule has 0 saturated heterocycles. The largest absolute Gasteiger partial charge is 0.350 e. The second kappa shape index (κ2) is 5.91. The van der Waals surface area contributed by atoms with Crippen LogP contribution >= 0.6 is 0 Å². The number of aryl methyl sites for hydroxylation is 1. The Hall–Kier alpha value is -1.49. The SMILES string of the molecule is Cc1cnc(C(=O)NCC(C)(C)CN(C)C)cn1. The number of rotatable bonds is 5. The molecule has 0 aliphatic heterocycles. The number of hydrogen-bond acceptors (Lipinski definition) is 4. The molecule has 0 radical (unpaired) electrons. The van der Waals surface area contributed by atoms with Crippen molar-refractivity contribution in [3.8, 4) is 0 Å². The molecule has 1 amide bonds. The average Bonchev–Trinajstić information content (AvgIpc) is 2.25. The molecule has 0 aliphatic carbocycles. The van der Waals surface area contributed by atoms with Crippen molar-refractivity contribution in [1.29, 1.82) is 0 Å². The van der Waals surface area contributed by atoms with Crippen LogP contribution in [0, 0.1) is 12.3 Å². The number of amides is 1. The van der Waals surface area contributed by atoms with E-state index in [9.17, 15) is 4.79 Å². The predicted octanol–water partition coefficient (Wildman–Crippen LogP) is 1.10. The Bertz CT molecular complexity index is 398. The summed E-state index contributed by atoms with van der Waals surface area (Å²) in [6, 6.07) is 0. The maximum absolute atomic E-state index is 11.9. The number of carbonyl (C=O) groups is 1. The molecule has 0 unspecified atom stereocenters. The first-order chi connectivity index (χ1) is 8.30. The zero-order valence-electron chi connectivity index (χ0n) is 11.8. The van der Waals surface area contributed by atoms with Crippen molar-refractivity contribution >= 4 is 5.91 Å². The van der Waals surface area contributed by atoms with Gasteiger partial charge in [-0.15, -0.1) is 0 Å². The second-order valence-corrected chi connectivity index (χ2v) is 5.63. The molecule has 5 heteroatoms. The van der Waals surface area contributed by atoms with E-state index in [1.165, 1.54) is 6.20 Å². The molecule has 0 fully saturated rings. The van der Waals surface area contributed by atoms with E-state index >= 15 is 0 Å². The van der Waals surface area contributed by atoms with Gasteiger partial charge in [0.2, 0.25) is 0 Å². The summed E-state index contributed by atoms with van der Waals surface area (Å²) in [6.07, 6.45) is 3.10. The van der Waals surface area contributed by atoms with Crippen LogP contribution in [0.1, 0.15) is 30.0 Å². The minimum absolute atomic E-state index is 0.0251. The van der Waals surface area contributed by atoms with Gasteiger partial charge in [0.25, 0.3) is 5.91 Å². The summed E-state index contributed by atoms with van der Waals surface area (Å²) >= 11 is 0. The first kappa shape index (κ1) is 14.6. The highest BCUT2D eigenvalue weighted by atomic mass is 16.1. The molecule has 1 N–H and O–H groups in total. The molecule has 1 heterocycles. The smallest absolute Gasteiger partial charge is 0.271 e. The minimum atomic E-state index is -0.172. The summed E-state index contributed by atoms with van der Waals surface area (Å²) in [4.78, 5) is 22.1. The van der Waals surface area contributed by atoms with E-state index in [4.69, 9.17) is 0 Å². The molecule has 1 rings (SSSR count). The van der Waals surface area contributed by atoms with E-state index in [2.05, 4.69) is 34.0 Å². The Morgan fingerprint density at radius 2 is 2.00 bits per heavy atom. The van der Waals surface area contributed by atoms with E-state index in [0.717, 1.165) is 12.2 Å². The van der Waals surface area contributed by atoms with E-state index in [1.54, 1.807) is 6.20 Å². The van der Waals surface area contributed by atoms with Gasteiger partial charge in [-0.1, -0.05) is 13.8 Å². The standard InChI is InChI=1S/C13H22N4O/c1-10-6-15-11(7-14-10)12(18)16-8-13(2,3)9-17(4)5/h6-7H,8-9H2,1-5H3,(H,16,18). The number of nitrogens with zero attached hydrogens (tertiary/aromatic N) is 3. The monoisotopic (exact) mass is 250 g/mol. The van der Waals surface area contributed by atoms with E-state index in [1.807, 2.05) is 21.0 Å². The molecule has 0 saturated carbocycles. The molecule has 0 atom stereocenters. The first-order valence-corrected chi connectivity index (χ1v) is 6.02. The second-order valence-electron chi connectivity index (χ2n) is 5.63. The zero-order valence-corrected chi connectivity index (χ0v) is 11.8.